The summed E-state index contributed by atoms with van der Waals surface area (Å²) in [5.74, 6) is 0.602. The molecule has 3 rings (SSSR count). The van der Waals surface area contributed by atoms with Gasteiger partial charge in [-0.2, -0.15) is 0 Å². The lowest BCUT2D eigenvalue weighted by atomic mass is 9.70. The second kappa shape index (κ2) is 10.3. The zero-order valence-electron chi connectivity index (χ0n) is 19.4. The van der Waals surface area contributed by atoms with Crippen molar-refractivity contribution in [3.63, 3.8) is 0 Å². The summed E-state index contributed by atoms with van der Waals surface area (Å²) in [5.41, 5.74) is 5.71. The maximum absolute atomic E-state index is 12.9. The Morgan fingerprint density at radius 2 is 1.97 bits per heavy atom. The van der Waals surface area contributed by atoms with E-state index >= 15 is 0 Å². The highest BCUT2D eigenvalue weighted by Gasteiger charge is 2.45. The molecule has 0 aliphatic heterocycles. The number of ether oxygens (including phenoxy) is 2. The number of rotatable bonds is 8. The number of carbonyl (C=O) groups is 1. The third kappa shape index (κ3) is 5.79. The largest absolute Gasteiger partial charge is 0.497 e. The van der Waals surface area contributed by atoms with Gasteiger partial charge in [-0.15, -0.1) is 0 Å². The van der Waals surface area contributed by atoms with Gasteiger partial charge in [0.2, 0.25) is 0 Å². The fourth-order valence-corrected chi connectivity index (χ4v) is 5.56. The molecule has 0 spiro atoms. The number of benzene rings is 1. The third-order valence-corrected chi connectivity index (χ3v) is 7.37. The van der Waals surface area contributed by atoms with E-state index in [1.165, 1.54) is 6.42 Å². The summed E-state index contributed by atoms with van der Waals surface area (Å²) < 4.78 is 11.3. The average Bonchev–Trinajstić information content (AvgIpc) is 2.76. The highest BCUT2D eigenvalue weighted by atomic mass is 16.5. The average molecular weight is 433 g/mol. The van der Waals surface area contributed by atoms with Crippen LogP contribution in [0.15, 0.2) is 24.3 Å². The molecule has 0 heterocycles. The minimum atomic E-state index is -1.07. The van der Waals surface area contributed by atoms with Crippen molar-refractivity contribution in [3.8, 4) is 5.75 Å². The molecule has 0 bridgehead atoms. The lowest BCUT2D eigenvalue weighted by Crippen LogP contribution is -2.48. The molecule has 2 fully saturated rings. The summed E-state index contributed by atoms with van der Waals surface area (Å²) in [7, 11) is 5.67. The molecule has 6 nitrogen and oxygen atoms in total. The topological polar surface area (TPSA) is 85.0 Å². The molecule has 2 aliphatic carbocycles. The predicted molar refractivity (Wildman–Crippen MR) is 122 cm³/mol. The van der Waals surface area contributed by atoms with Gasteiger partial charge < -0.3 is 25.2 Å². The third-order valence-electron chi connectivity index (χ3n) is 7.37. The fraction of sp³-hybridized carbons (Fsp3) is 0.720. The van der Waals surface area contributed by atoms with Crippen LogP contribution in [0.1, 0.15) is 63.4 Å². The van der Waals surface area contributed by atoms with Gasteiger partial charge in [-0.25, -0.2) is 0 Å². The minimum absolute atomic E-state index is 0.0540. The number of aliphatic hydroxyl groups is 1. The van der Waals surface area contributed by atoms with Gasteiger partial charge in [0.25, 0.3) is 0 Å². The lowest BCUT2D eigenvalue weighted by molar-refractivity contribution is -0.164. The second-order valence-corrected chi connectivity index (χ2v) is 9.95. The molecule has 3 unspecified atom stereocenters. The monoisotopic (exact) mass is 432 g/mol. The Morgan fingerprint density at radius 1 is 1.23 bits per heavy atom. The molecule has 2 saturated carbocycles. The Bertz CT molecular complexity index is 732. The van der Waals surface area contributed by atoms with E-state index in [-0.39, 0.29) is 23.4 Å². The van der Waals surface area contributed by atoms with Crippen molar-refractivity contribution in [1.82, 2.24) is 4.90 Å². The molecule has 1 aromatic carbocycles. The van der Waals surface area contributed by atoms with E-state index in [9.17, 15) is 9.90 Å². The molecule has 6 heteroatoms. The highest BCUT2D eigenvalue weighted by molar-refractivity contribution is 5.70. The lowest BCUT2D eigenvalue weighted by Gasteiger charge is -2.44. The van der Waals surface area contributed by atoms with Gasteiger partial charge in [0, 0.05) is 18.9 Å². The number of hydrogen-bond acceptors (Lipinski definition) is 6. The van der Waals surface area contributed by atoms with Crippen LogP contribution in [0.4, 0.5) is 0 Å². The van der Waals surface area contributed by atoms with Crippen LogP contribution in [-0.4, -0.2) is 56.4 Å². The first kappa shape index (κ1) is 24.0. The summed E-state index contributed by atoms with van der Waals surface area (Å²) in [6, 6.07) is 7.63. The molecule has 1 aromatic rings. The highest BCUT2D eigenvalue weighted by Crippen LogP contribution is 2.44. The van der Waals surface area contributed by atoms with Crippen LogP contribution in [0.25, 0.3) is 0 Å². The molecular weight excluding hydrogens is 392 g/mol. The summed E-state index contributed by atoms with van der Waals surface area (Å²) in [6.07, 6.45) is 7.56. The van der Waals surface area contributed by atoms with Crippen molar-refractivity contribution in [1.29, 1.82) is 0 Å². The molecule has 0 radical (unpaired) electrons. The van der Waals surface area contributed by atoms with Crippen molar-refractivity contribution in [3.05, 3.63) is 29.8 Å². The van der Waals surface area contributed by atoms with Gasteiger partial charge in [0.15, 0.2) is 0 Å². The van der Waals surface area contributed by atoms with Crippen LogP contribution in [0.5, 0.6) is 5.75 Å². The van der Waals surface area contributed by atoms with Crippen molar-refractivity contribution < 1.29 is 19.4 Å². The van der Waals surface area contributed by atoms with Crippen LogP contribution in [0.2, 0.25) is 0 Å². The molecule has 0 amide bonds. The van der Waals surface area contributed by atoms with Crippen molar-refractivity contribution in [2.24, 2.45) is 17.1 Å². The van der Waals surface area contributed by atoms with Crippen molar-refractivity contribution >= 4 is 5.97 Å². The zero-order valence-corrected chi connectivity index (χ0v) is 19.4. The van der Waals surface area contributed by atoms with Gasteiger partial charge in [-0.1, -0.05) is 31.4 Å². The Morgan fingerprint density at radius 3 is 2.61 bits per heavy atom. The van der Waals surface area contributed by atoms with E-state index in [2.05, 4.69) is 4.90 Å². The molecule has 31 heavy (non-hydrogen) atoms. The van der Waals surface area contributed by atoms with Gasteiger partial charge in [0.05, 0.1) is 19.1 Å². The number of nitrogens with zero attached hydrogens (tertiary/aromatic N) is 1. The Balaban J connectivity index is 1.74. The van der Waals surface area contributed by atoms with Crippen molar-refractivity contribution in [2.75, 3.05) is 34.3 Å². The SMILES string of the molecule is COc1cccc(C2(O)CC(OC(=O)CC3(CN)CCCCC3)CCC2CN(C)C)c1. The second-order valence-electron chi connectivity index (χ2n) is 9.95. The number of carbonyl (C=O) groups excluding carboxylic acids is 1. The Labute approximate surface area is 187 Å². The van der Waals surface area contributed by atoms with Crippen LogP contribution >= 0.6 is 0 Å². The fourth-order valence-electron chi connectivity index (χ4n) is 5.56. The number of esters is 1. The van der Waals surface area contributed by atoms with E-state index in [0.717, 1.165) is 56.4 Å². The maximum atomic E-state index is 12.9. The number of hydrogen-bond donors (Lipinski definition) is 2. The van der Waals surface area contributed by atoms with Gasteiger partial charge in [-0.3, -0.25) is 4.79 Å². The van der Waals surface area contributed by atoms with Gasteiger partial charge in [-0.05, 0) is 69.4 Å². The molecule has 3 N–H and O–H groups in total. The molecule has 174 valence electrons. The van der Waals surface area contributed by atoms with E-state index in [1.54, 1.807) is 7.11 Å². The van der Waals surface area contributed by atoms with E-state index in [1.807, 2.05) is 38.4 Å². The summed E-state index contributed by atoms with van der Waals surface area (Å²) in [6.45, 7) is 1.30. The first-order valence-electron chi connectivity index (χ1n) is 11.7. The smallest absolute Gasteiger partial charge is 0.306 e. The summed E-state index contributed by atoms with van der Waals surface area (Å²) in [5, 5.41) is 11.9. The first-order valence-corrected chi connectivity index (χ1v) is 11.7. The van der Waals surface area contributed by atoms with Crippen molar-refractivity contribution in [2.45, 2.75) is 69.5 Å². The molecule has 3 atom stereocenters. The maximum Gasteiger partial charge on any atom is 0.306 e. The van der Waals surface area contributed by atoms with Crippen LogP contribution < -0.4 is 10.5 Å². The van der Waals surface area contributed by atoms with Gasteiger partial charge >= 0.3 is 5.97 Å². The normalized spacial score (nSPS) is 28.3. The van der Waals surface area contributed by atoms with Crippen LogP contribution in [-0.2, 0) is 15.1 Å². The quantitative estimate of drug-likeness (QED) is 0.612. The summed E-state index contributed by atoms with van der Waals surface area (Å²) >= 11 is 0. The van der Waals surface area contributed by atoms with Gasteiger partial charge in [0.1, 0.15) is 11.9 Å². The first-order chi connectivity index (χ1) is 14.8. The van der Waals surface area contributed by atoms with Crippen LogP contribution in [0.3, 0.4) is 0 Å². The number of nitrogens with two attached hydrogens (primary N) is 1. The minimum Gasteiger partial charge on any atom is -0.497 e. The zero-order chi connectivity index (χ0) is 22.5. The molecule has 0 aromatic heterocycles. The molecular formula is C25H40N2O4. The standard InChI is InChI=1S/C25H40N2O4/c1-27(2)17-20-10-11-22(15-25(20,29)19-8-7-9-21(14-19)30-3)31-23(28)16-24(18-26)12-5-4-6-13-24/h7-9,14,20,22,29H,4-6,10-13,15-18,26H2,1-3H3. The molecule has 2 aliphatic rings. The van der Waals surface area contributed by atoms with Crippen LogP contribution in [0, 0.1) is 11.3 Å². The Hall–Kier alpha value is -1.63. The molecule has 0 saturated heterocycles. The Kier molecular flexibility index (Phi) is 8.00. The predicted octanol–water partition coefficient (Wildman–Crippen LogP) is 3.46. The van der Waals surface area contributed by atoms with E-state index in [4.69, 9.17) is 15.2 Å². The van der Waals surface area contributed by atoms with E-state index in [0.29, 0.717) is 19.4 Å². The summed E-state index contributed by atoms with van der Waals surface area (Å²) in [4.78, 5) is 15.0. The number of methoxy groups -OCH3 is 1. The van der Waals surface area contributed by atoms with E-state index < -0.39 is 5.60 Å².